The number of aryl methyl sites for hydroxylation is 1. The van der Waals surface area contributed by atoms with Crippen molar-refractivity contribution >= 4 is 43.7 Å². The molecule has 0 bridgehead atoms. The van der Waals surface area contributed by atoms with E-state index in [1.807, 2.05) is 0 Å². The zero-order valence-electron chi connectivity index (χ0n) is 7.52. The van der Waals surface area contributed by atoms with Crippen molar-refractivity contribution in [2.45, 2.75) is 6.92 Å². The average molecular weight is 370 g/mol. The van der Waals surface area contributed by atoms with Crippen LogP contribution in [0.1, 0.15) is 5.56 Å². The second kappa shape index (κ2) is 6.38. The van der Waals surface area contributed by atoms with Gasteiger partial charge in [-0.15, -0.1) is 29.0 Å². The second-order valence-electron chi connectivity index (χ2n) is 2.79. The van der Waals surface area contributed by atoms with Crippen molar-refractivity contribution in [3.63, 3.8) is 0 Å². The van der Waals surface area contributed by atoms with Gasteiger partial charge in [-0.1, -0.05) is 28.9 Å². The van der Waals surface area contributed by atoms with Gasteiger partial charge >= 0.3 is 37.9 Å². The third-order valence-corrected chi connectivity index (χ3v) is 2.61. The molecule has 2 aromatic rings. The summed E-state index contributed by atoms with van der Waals surface area (Å²) < 4.78 is 1.19. The normalized spacial score (nSPS) is 9.43. The molecule has 74 valence electrons. The fraction of sp³-hybridized carbons (Fsp3) is 0.100. The van der Waals surface area contributed by atoms with Crippen molar-refractivity contribution in [2.75, 3.05) is 0 Å². The van der Waals surface area contributed by atoms with Gasteiger partial charge in [0.1, 0.15) is 0 Å². The van der Waals surface area contributed by atoms with Crippen LogP contribution in [0.4, 0.5) is 0 Å². The van der Waals surface area contributed by atoms with E-state index in [0.29, 0.717) is 0 Å². The third-order valence-electron chi connectivity index (χ3n) is 1.95. The van der Waals surface area contributed by atoms with Gasteiger partial charge in [0.05, 0.1) is 0 Å². The van der Waals surface area contributed by atoms with Crippen molar-refractivity contribution in [1.29, 1.82) is 0 Å². The maximum absolute atomic E-state index is 4.93. The van der Waals surface area contributed by atoms with Gasteiger partial charge in [-0.05, 0) is 4.47 Å². The van der Waals surface area contributed by atoms with Gasteiger partial charge < -0.3 is 0 Å². The first kappa shape index (κ1) is 12.8. The Hall–Kier alpha value is 0.773. The van der Waals surface area contributed by atoms with Crippen molar-refractivity contribution < 1.29 is 20.8 Å². The van der Waals surface area contributed by atoms with E-state index in [2.05, 4.69) is 53.2 Å². The Morgan fingerprint density at radius 2 is 2.00 bits per heavy atom. The van der Waals surface area contributed by atoms with Crippen molar-refractivity contribution in [3.8, 4) is 0 Å². The van der Waals surface area contributed by atoms with Crippen LogP contribution in [0, 0.1) is 6.92 Å². The summed E-state index contributed by atoms with van der Waals surface area (Å²) in [6.07, 6.45) is 0. The Bertz CT molecular complexity index is 411. The fourth-order valence-electron chi connectivity index (χ4n) is 1.39. The monoisotopic (exact) mass is 367 g/mol. The van der Waals surface area contributed by atoms with Crippen LogP contribution in [0.3, 0.4) is 0 Å². The van der Waals surface area contributed by atoms with E-state index in [9.17, 15) is 0 Å². The molecule has 14 heavy (non-hydrogen) atoms. The molecule has 2 rings (SSSR count). The van der Waals surface area contributed by atoms with Gasteiger partial charge in [-0.3, -0.25) is 0 Å². The summed E-state index contributed by atoms with van der Waals surface area (Å²) in [5.74, 6) is 0. The zero-order valence-corrected chi connectivity index (χ0v) is 13.1. The molecule has 0 aliphatic rings. The van der Waals surface area contributed by atoms with Crippen LogP contribution in [0.2, 0.25) is 0 Å². The first-order valence-corrected chi connectivity index (χ1v) is 11.1. The topological polar surface area (TPSA) is 0 Å². The molecular weight excluding hydrogens is 362 g/mol. The summed E-state index contributed by atoms with van der Waals surface area (Å²) in [5.41, 5.74) is 1.34. The Kier molecular flexibility index (Phi) is 5.85. The van der Waals surface area contributed by atoms with Crippen LogP contribution in [-0.4, -0.2) is 0 Å². The molecular formula is C10H8BrCl2Zr-. The van der Waals surface area contributed by atoms with Crippen LogP contribution in [0.5, 0.6) is 0 Å². The number of benzene rings is 1. The minimum absolute atomic E-state index is 0.826. The van der Waals surface area contributed by atoms with Crippen LogP contribution < -0.4 is 0 Å². The first-order valence-electron chi connectivity index (χ1n) is 3.97. The zero-order chi connectivity index (χ0) is 10.6. The quantitative estimate of drug-likeness (QED) is 0.572. The summed E-state index contributed by atoms with van der Waals surface area (Å²) in [7, 11) is 9.87. The van der Waals surface area contributed by atoms with Crippen LogP contribution >= 0.6 is 33.0 Å². The van der Waals surface area contributed by atoms with E-state index in [-0.39, 0.29) is 0 Å². The first-order chi connectivity index (χ1) is 6.70. The molecule has 0 fully saturated rings. The van der Waals surface area contributed by atoms with Crippen LogP contribution in [0.25, 0.3) is 10.8 Å². The summed E-state index contributed by atoms with van der Waals surface area (Å²) in [5, 5.41) is 2.66. The molecule has 0 saturated heterocycles. The molecule has 0 saturated carbocycles. The predicted octanol–water partition coefficient (Wildman–Crippen LogP) is 5.01. The molecule has 0 atom stereocenters. The van der Waals surface area contributed by atoms with Gasteiger partial charge in [-0.2, -0.15) is 11.6 Å². The molecule has 0 aliphatic carbocycles. The van der Waals surface area contributed by atoms with Gasteiger partial charge in [0.2, 0.25) is 0 Å². The van der Waals surface area contributed by atoms with E-state index in [1.165, 1.54) is 20.8 Å². The Morgan fingerprint density at radius 1 is 1.36 bits per heavy atom. The number of fused-ring (bicyclic) bond motifs is 1. The molecule has 0 N–H and O–H groups in total. The predicted molar refractivity (Wildman–Crippen MR) is 63.7 cm³/mol. The van der Waals surface area contributed by atoms with Crippen molar-refractivity contribution in [2.24, 2.45) is 0 Å². The second-order valence-corrected chi connectivity index (χ2v) is 7.38. The molecule has 0 heterocycles. The summed E-state index contributed by atoms with van der Waals surface area (Å²) in [6.45, 7) is 2.13. The SMILES string of the molecule is Cc1c[cH-]c2cccc(Br)c12.[Cl][Zr][Cl]. The number of halogens is 3. The van der Waals surface area contributed by atoms with Gasteiger partial charge in [0, 0.05) is 0 Å². The van der Waals surface area contributed by atoms with Crippen LogP contribution in [0.15, 0.2) is 34.8 Å². The van der Waals surface area contributed by atoms with E-state index in [4.69, 9.17) is 17.0 Å². The van der Waals surface area contributed by atoms with Gasteiger partial charge in [0.15, 0.2) is 0 Å². The van der Waals surface area contributed by atoms with E-state index >= 15 is 0 Å². The van der Waals surface area contributed by atoms with E-state index in [1.54, 1.807) is 0 Å². The third kappa shape index (κ3) is 3.13. The van der Waals surface area contributed by atoms with Gasteiger partial charge in [-0.25, -0.2) is 0 Å². The minimum atomic E-state index is -0.826. The Balaban J connectivity index is 0.000000293. The summed E-state index contributed by atoms with van der Waals surface area (Å²) in [6, 6.07) is 10.6. The average Bonchev–Trinajstić information content (AvgIpc) is 2.51. The number of hydrogen-bond acceptors (Lipinski definition) is 0. The van der Waals surface area contributed by atoms with E-state index < -0.39 is 20.8 Å². The molecule has 4 heteroatoms. The molecule has 0 nitrogen and oxygen atoms in total. The maximum atomic E-state index is 4.93. The molecule has 0 amide bonds. The Morgan fingerprint density at radius 3 is 2.57 bits per heavy atom. The molecule has 0 unspecified atom stereocenters. The number of rotatable bonds is 0. The molecule has 0 spiro atoms. The fourth-order valence-corrected chi connectivity index (χ4v) is 2.09. The standard InChI is InChI=1S/C10H8Br.2ClH.Zr/c1-7-5-6-8-3-2-4-9(11)10(7)8;;;/h2-6H,1H3;2*1H;/q-1;;;+2/p-2. The number of hydrogen-bond donors (Lipinski definition) is 0. The van der Waals surface area contributed by atoms with Gasteiger partial charge in [0.25, 0.3) is 0 Å². The molecule has 0 aromatic heterocycles. The summed E-state index contributed by atoms with van der Waals surface area (Å²) in [4.78, 5) is 0. The Labute approximate surface area is 111 Å². The van der Waals surface area contributed by atoms with Crippen molar-refractivity contribution in [3.05, 3.63) is 40.4 Å². The summed E-state index contributed by atoms with van der Waals surface area (Å²) >= 11 is 2.70. The molecule has 0 radical (unpaired) electrons. The molecule has 2 aromatic carbocycles. The van der Waals surface area contributed by atoms with E-state index in [0.717, 1.165) is 0 Å². The van der Waals surface area contributed by atoms with Crippen LogP contribution in [-0.2, 0) is 20.8 Å². The molecule has 0 aliphatic heterocycles. The van der Waals surface area contributed by atoms with Crippen molar-refractivity contribution in [1.82, 2.24) is 0 Å².